The van der Waals surface area contributed by atoms with Gasteiger partial charge >= 0.3 is 7.12 Å². The minimum atomic E-state index is -0.157. The lowest BCUT2D eigenvalue weighted by Crippen LogP contribution is -2.41. The van der Waals surface area contributed by atoms with Gasteiger partial charge in [-0.15, -0.1) is 0 Å². The van der Waals surface area contributed by atoms with Crippen molar-refractivity contribution < 1.29 is 9.31 Å². The van der Waals surface area contributed by atoms with Gasteiger partial charge in [-0.2, -0.15) is 0 Å². The maximum absolute atomic E-state index is 6.08. The highest BCUT2D eigenvalue weighted by Crippen LogP contribution is 2.54. The van der Waals surface area contributed by atoms with Gasteiger partial charge < -0.3 is 9.31 Å². The summed E-state index contributed by atoms with van der Waals surface area (Å²) in [4.78, 5) is 0. The van der Waals surface area contributed by atoms with Crippen molar-refractivity contribution in [2.75, 3.05) is 0 Å². The van der Waals surface area contributed by atoms with Crippen LogP contribution in [0.5, 0.6) is 0 Å². The van der Waals surface area contributed by atoms with Gasteiger partial charge in [0.25, 0.3) is 0 Å². The molecule has 0 radical (unpaired) electrons. The Morgan fingerprint density at radius 3 is 2.19 bits per heavy atom. The Bertz CT molecular complexity index is 247. The quantitative estimate of drug-likeness (QED) is 0.678. The lowest BCUT2D eigenvalue weighted by molar-refractivity contribution is 0.00578. The molecule has 1 heterocycles. The van der Waals surface area contributed by atoms with Crippen LogP contribution in [-0.2, 0) is 9.31 Å². The first kappa shape index (κ1) is 12.4. The van der Waals surface area contributed by atoms with Crippen LogP contribution in [-0.4, -0.2) is 18.3 Å². The van der Waals surface area contributed by atoms with Crippen LogP contribution in [0.25, 0.3) is 0 Å². The molecule has 0 N–H and O–H groups in total. The monoisotopic (exact) mass is 224 g/mol. The molecule has 1 aliphatic carbocycles. The SMILES string of the molecule is CCCC[C@@H]1C[C@H]1B1OC(C)(C)C(C)(C)O1. The van der Waals surface area contributed by atoms with Gasteiger partial charge in [0, 0.05) is 0 Å². The Balaban J connectivity index is 1.86. The second-order valence-electron chi connectivity index (χ2n) is 6.43. The smallest absolute Gasteiger partial charge is 0.403 e. The lowest BCUT2D eigenvalue weighted by atomic mass is 9.80. The maximum Gasteiger partial charge on any atom is 0.461 e. The highest BCUT2D eigenvalue weighted by atomic mass is 16.7. The van der Waals surface area contributed by atoms with Crippen molar-refractivity contribution in [1.29, 1.82) is 0 Å². The van der Waals surface area contributed by atoms with Gasteiger partial charge in [0.1, 0.15) is 0 Å². The molecule has 1 saturated heterocycles. The van der Waals surface area contributed by atoms with Crippen molar-refractivity contribution >= 4 is 7.12 Å². The summed E-state index contributed by atoms with van der Waals surface area (Å²) >= 11 is 0. The second kappa shape index (κ2) is 4.02. The molecule has 16 heavy (non-hydrogen) atoms. The topological polar surface area (TPSA) is 18.5 Å². The zero-order valence-corrected chi connectivity index (χ0v) is 11.4. The van der Waals surface area contributed by atoms with Gasteiger partial charge in [0.05, 0.1) is 11.2 Å². The van der Waals surface area contributed by atoms with Crippen molar-refractivity contribution in [2.24, 2.45) is 5.92 Å². The van der Waals surface area contributed by atoms with Crippen molar-refractivity contribution in [3.63, 3.8) is 0 Å². The molecule has 0 aromatic carbocycles. The second-order valence-corrected chi connectivity index (χ2v) is 6.43. The summed E-state index contributed by atoms with van der Waals surface area (Å²) in [6, 6.07) is 0. The van der Waals surface area contributed by atoms with Crippen LogP contribution in [0.15, 0.2) is 0 Å². The molecule has 0 spiro atoms. The van der Waals surface area contributed by atoms with E-state index in [9.17, 15) is 0 Å². The fraction of sp³-hybridized carbons (Fsp3) is 1.00. The normalized spacial score (nSPS) is 35.4. The van der Waals surface area contributed by atoms with E-state index in [2.05, 4.69) is 34.6 Å². The van der Waals surface area contributed by atoms with Gasteiger partial charge in [0.15, 0.2) is 0 Å². The third-order valence-corrected chi connectivity index (χ3v) is 4.53. The van der Waals surface area contributed by atoms with Gasteiger partial charge in [-0.05, 0) is 45.9 Å². The number of hydrogen-bond acceptors (Lipinski definition) is 2. The number of unbranched alkanes of at least 4 members (excludes halogenated alkanes) is 1. The Morgan fingerprint density at radius 1 is 1.12 bits per heavy atom. The summed E-state index contributed by atoms with van der Waals surface area (Å²) in [7, 11) is 0.0480. The van der Waals surface area contributed by atoms with E-state index >= 15 is 0 Å². The summed E-state index contributed by atoms with van der Waals surface area (Å²) in [6.07, 6.45) is 5.30. The number of rotatable bonds is 4. The van der Waals surface area contributed by atoms with Crippen LogP contribution in [0.2, 0.25) is 5.82 Å². The molecule has 0 amide bonds. The van der Waals surface area contributed by atoms with E-state index in [4.69, 9.17) is 9.31 Å². The minimum Gasteiger partial charge on any atom is -0.403 e. The summed E-state index contributed by atoms with van der Waals surface area (Å²) in [5.41, 5.74) is -0.314. The minimum absolute atomic E-state index is 0.0480. The Hall–Kier alpha value is -0.0151. The fourth-order valence-electron chi connectivity index (χ4n) is 2.47. The average Bonchev–Trinajstić information content (AvgIpc) is 2.87. The van der Waals surface area contributed by atoms with Gasteiger partial charge in [-0.3, -0.25) is 0 Å². The molecule has 2 aliphatic rings. The van der Waals surface area contributed by atoms with Gasteiger partial charge in [-0.25, -0.2) is 0 Å². The summed E-state index contributed by atoms with van der Waals surface area (Å²) in [5.74, 6) is 1.52. The molecule has 0 aromatic rings. The third kappa shape index (κ3) is 2.17. The lowest BCUT2D eigenvalue weighted by Gasteiger charge is -2.32. The van der Waals surface area contributed by atoms with Crippen molar-refractivity contribution in [3.8, 4) is 0 Å². The first-order valence-corrected chi connectivity index (χ1v) is 6.73. The third-order valence-electron chi connectivity index (χ3n) is 4.53. The van der Waals surface area contributed by atoms with Crippen LogP contribution in [0.4, 0.5) is 0 Å². The van der Waals surface area contributed by atoms with E-state index in [1.54, 1.807) is 0 Å². The first-order valence-electron chi connectivity index (χ1n) is 6.73. The van der Waals surface area contributed by atoms with E-state index in [1.165, 1.54) is 25.7 Å². The van der Waals surface area contributed by atoms with Gasteiger partial charge in [0.2, 0.25) is 0 Å². The molecule has 3 heteroatoms. The Kier molecular flexibility index (Phi) is 3.13. The molecule has 2 fully saturated rings. The molecule has 92 valence electrons. The average molecular weight is 224 g/mol. The molecule has 0 bridgehead atoms. The van der Waals surface area contributed by atoms with Crippen molar-refractivity contribution in [3.05, 3.63) is 0 Å². The maximum atomic E-state index is 6.08. The van der Waals surface area contributed by atoms with Gasteiger partial charge in [-0.1, -0.05) is 26.2 Å². The summed E-state index contributed by atoms with van der Waals surface area (Å²) in [5, 5.41) is 0. The van der Waals surface area contributed by atoms with E-state index in [-0.39, 0.29) is 18.3 Å². The van der Waals surface area contributed by atoms with Crippen molar-refractivity contribution in [2.45, 2.75) is 77.3 Å². The van der Waals surface area contributed by atoms with Crippen LogP contribution >= 0.6 is 0 Å². The van der Waals surface area contributed by atoms with Crippen LogP contribution < -0.4 is 0 Å². The molecular weight excluding hydrogens is 199 g/mol. The summed E-state index contributed by atoms with van der Waals surface area (Å²) < 4.78 is 12.2. The van der Waals surface area contributed by atoms with E-state index in [1.807, 2.05) is 0 Å². The first-order chi connectivity index (χ1) is 7.37. The molecule has 2 nitrogen and oxygen atoms in total. The Labute approximate surface area is 100 Å². The predicted octanol–water partition coefficient (Wildman–Crippen LogP) is 3.66. The van der Waals surface area contributed by atoms with Crippen LogP contribution in [0.1, 0.15) is 60.3 Å². The number of hydrogen-bond donors (Lipinski definition) is 0. The molecule has 0 unspecified atom stereocenters. The zero-order valence-electron chi connectivity index (χ0n) is 11.4. The molecule has 1 saturated carbocycles. The predicted molar refractivity (Wildman–Crippen MR) is 67.5 cm³/mol. The van der Waals surface area contributed by atoms with E-state index < -0.39 is 0 Å². The largest absolute Gasteiger partial charge is 0.461 e. The standard InChI is InChI=1S/C13H25BO2/c1-6-7-8-10-9-11(10)14-15-12(2,3)13(4,5)16-14/h10-11H,6-9H2,1-5H3/t10-,11-/m1/s1. The van der Waals surface area contributed by atoms with Crippen LogP contribution in [0.3, 0.4) is 0 Å². The highest BCUT2D eigenvalue weighted by molar-refractivity contribution is 6.48. The summed E-state index contributed by atoms with van der Waals surface area (Å²) in [6.45, 7) is 10.8. The van der Waals surface area contributed by atoms with Crippen molar-refractivity contribution in [1.82, 2.24) is 0 Å². The van der Waals surface area contributed by atoms with E-state index in [0.717, 1.165) is 5.92 Å². The van der Waals surface area contributed by atoms with Crippen LogP contribution in [0, 0.1) is 5.92 Å². The molecular formula is C13H25BO2. The Morgan fingerprint density at radius 2 is 1.69 bits per heavy atom. The molecule has 1 aliphatic heterocycles. The fourth-order valence-corrected chi connectivity index (χ4v) is 2.47. The highest BCUT2D eigenvalue weighted by Gasteiger charge is 2.59. The molecule has 2 atom stereocenters. The molecule has 0 aromatic heterocycles. The van der Waals surface area contributed by atoms with E-state index in [0.29, 0.717) is 5.82 Å². The molecule has 2 rings (SSSR count). The zero-order chi connectivity index (χ0) is 12.0.